The maximum absolute atomic E-state index is 13.3. The lowest BCUT2D eigenvalue weighted by Crippen LogP contribution is -2.56. The molecule has 2 aliphatic carbocycles. The van der Waals surface area contributed by atoms with Gasteiger partial charge in [0.05, 0.1) is 5.25 Å². The maximum Gasteiger partial charge on any atom is 0.223 e. The number of rotatable bonds is 9. The number of sulfonamides is 1. The van der Waals surface area contributed by atoms with Crippen molar-refractivity contribution in [2.75, 3.05) is 0 Å². The summed E-state index contributed by atoms with van der Waals surface area (Å²) in [5.41, 5.74) is 1.25. The summed E-state index contributed by atoms with van der Waals surface area (Å²) in [4.78, 5) is 13.3. The van der Waals surface area contributed by atoms with Crippen LogP contribution in [0.15, 0.2) is 24.3 Å². The number of amides is 1. The lowest BCUT2D eigenvalue weighted by Gasteiger charge is -2.49. The second-order valence-electron chi connectivity index (χ2n) is 10.5. The first kappa shape index (κ1) is 25.5. The molecule has 2 aliphatic rings. The van der Waals surface area contributed by atoms with Gasteiger partial charge < -0.3 is 5.32 Å². The number of nitrogens with one attached hydrogen (secondary N) is 2. The van der Waals surface area contributed by atoms with Gasteiger partial charge in [0.2, 0.25) is 15.9 Å². The molecule has 1 aromatic carbocycles. The Kier molecular flexibility index (Phi) is 8.32. The van der Waals surface area contributed by atoms with Gasteiger partial charge in [-0.05, 0) is 82.4 Å². The van der Waals surface area contributed by atoms with Crippen molar-refractivity contribution in [3.8, 4) is 0 Å². The lowest BCUT2D eigenvalue weighted by atomic mass is 9.58. The first-order chi connectivity index (χ1) is 15.0. The van der Waals surface area contributed by atoms with E-state index in [1.54, 1.807) is 13.8 Å². The molecule has 0 radical (unpaired) electrons. The van der Waals surface area contributed by atoms with Crippen LogP contribution in [0.3, 0.4) is 0 Å². The van der Waals surface area contributed by atoms with E-state index in [0.717, 1.165) is 37.1 Å². The molecule has 2 N–H and O–H groups in total. The highest BCUT2D eigenvalue weighted by atomic mass is 35.5. The molecule has 180 valence electrons. The van der Waals surface area contributed by atoms with Gasteiger partial charge in [0.25, 0.3) is 0 Å². The highest BCUT2D eigenvalue weighted by Crippen LogP contribution is 2.48. The van der Waals surface area contributed by atoms with Crippen molar-refractivity contribution in [3.63, 3.8) is 0 Å². The average molecular weight is 483 g/mol. The van der Waals surface area contributed by atoms with E-state index in [9.17, 15) is 13.2 Å². The van der Waals surface area contributed by atoms with Gasteiger partial charge in [-0.25, -0.2) is 13.1 Å². The smallest absolute Gasteiger partial charge is 0.223 e. The van der Waals surface area contributed by atoms with Crippen molar-refractivity contribution in [1.82, 2.24) is 10.0 Å². The molecule has 0 bridgehead atoms. The van der Waals surface area contributed by atoms with E-state index in [0.29, 0.717) is 18.8 Å². The van der Waals surface area contributed by atoms with Crippen LogP contribution in [0.5, 0.6) is 0 Å². The van der Waals surface area contributed by atoms with Gasteiger partial charge in [0.15, 0.2) is 0 Å². The SMILES string of the molecule is CC(C)CC(NC(=O)C1CCC(NS(=O)(=O)C(C)C)CC1)C1(c2ccc(Cl)cc2)CCC1. The summed E-state index contributed by atoms with van der Waals surface area (Å²) in [5, 5.41) is 3.74. The molecule has 0 aromatic heterocycles. The number of halogens is 1. The number of carbonyl (C=O) groups is 1. The van der Waals surface area contributed by atoms with Crippen molar-refractivity contribution in [3.05, 3.63) is 34.9 Å². The molecule has 1 amide bonds. The maximum atomic E-state index is 13.3. The Labute approximate surface area is 199 Å². The fraction of sp³-hybridized carbons (Fsp3) is 0.720. The van der Waals surface area contributed by atoms with Crippen LogP contribution in [0.4, 0.5) is 0 Å². The topological polar surface area (TPSA) is 75.3 Å². The number of carbonyl (C=O) groups excluding carboxylic acids is 1. The third kappa shape index (κ3) is 5.87. The molecule has 2 fully saturated rings. The Morgan fingerprint density at radius 2 is 1.66 bits per heavy atom. The zero-order chi connectivity index (χ0) is 23.5. The van der Waals surface area contributed by atoms with Crippen molar-refractivity contribution in [2.45, 2.75) is 102 Å². The van der Waals surface area contributed by atoms with Crippen molar-refractivity contribution < 1.29 is 13.2 Å². The molecule has 0 saturated heterocycles. The Hall–Kier alpha value is -1.11. The number of hydrogen-bond acceptors (Lipinski definition) is 3. The minimum absolute atomic E-state index is 0.0192. The molecule has 3 rings (SSSR count). The van der Waals surface area contributed by atoms with Gasteiger partial charge >= 0.3 is 0 Å². The Balaban J connectivity index is 1.66. The first-order valence-electron chi connectivity index (χ1n) is 12.1. The van der Waals surface area contributed by atoms with Crippen LogP contribution >= 0.6 is 11.6 Å². The third-order valence-corrected chi connectivity index (χ3v) is 9.56. The summed E-state index contributed by atoms with van der Waals surface area (Å²) in [5.74, 6) is 0.555. The number of benzene rings is 1. The molecule has 1 aromatic rings. The van der Waals surface area contributed by atoms with Crippen molar-refractivity contribution >= 4 is 27.5 Å². The molecule has 32 heavy (non-hydrogen) atoms. The van der Waals surface area contributed by atoms with Gasteiger partial charge in [0.1, 0.15) is 0 Å². The van der Waals surface area contributed by atoms with E-state index < -0.39 is 15.3 Å². The monoisotopic (exact) mass is 482 g/mol. The molecular weight excluding hydrogens is 444 g/mol. The van der Waals surface area contributed by atoms with Crippen LogP contribution in [0.1, 0.15) is 84.6 Å². The van der Waals surface area contributed by atoms with Gasteiger partial charge in [-0.1, -0.05) is 44.0 Å². The van der Waals surface area contributed by atoms with Gasteiger partial charge in [-0.3, -0.25) is 4.79 Å². The third-order valence-electron chi connectivity index (χ3n) is 7.41. The fourth-order valence-electron chi connectivity index (χ4n) is 5.20. The molecule has 7 heteroatoms. The zero-order valence-electron chi connectivity index (χ0n) is 19.9. The second kappa shape index (κ2) is 10.4. The molecule has 0 heterocycles. The van der Waals surface area contributed by atoms with Crippen molar-refractivity contribution in [1.29, 1.82) is 0 Å². The van der Waals surface area contributed by atoms with E-state index >= 15 is 0 Å². The Morgan fingerprint density at radius 3 is 2.12 bits per heavy atom. The van der Waals surface area contributed by atoms with Crippen LogP contribution < -0.4 is 10.0 Å². The molecule has 5 nitrogen and oxygen atoms in total. The molecule has 1 atom stereocenters. The Morgan fingerprint density at radius 1 is 1.06 bits per heavy atom. The average Bonchev–Trinajstić information content (AvgIpc) is 2.68. The predicted molar refractivity (Wildman–Crippen MR) is 131 cm³/mol. The standard InChI is InChI=1S/C25H39ClN2O3S/c1-17(2)16-23(25(14-5-15-25)20-8-10-21(26)11-9-20)27-24(29)19-6-12-22(13-7-19)28-32(30,31)18(3)4/h8-11,17-19,22-23,28H,5-7,12-16H2,1-4H3,(H,27,29). The summed E-state index contributed by atoms with van der Waals surface area (Å²) < 4.78 is 27.2. The van der Waals surface area contributed by atoms with E-state index in [-0.39, 0.29) is 29.3 Å². The van der Waals surface area contributed by atoms with Crippen LogP contribution in [0.2, 0.25) is 5.02 Å². The van der Waals surface area contributed by atoms with E-state index in [1.807, 2.05) is 12.1 Å². The molecule has 1 unspecified atom stereocenters. The summed E-state index contributed by atoms with van der Waals surface area (Å²) in [6, 6.07) is 8.17. The molecule has 0 aliphatic heterocycles. The molecular formula is C25H39ClN2O3S. The first-order valence-corrected chi connectivity index (χ1v) is 14.0. The summed E-state index contributed by atoms with van der Waals surface area (Å²) >= 11 is 6.13. The minimum Gasteiger partial charge on any atom is -0.352 e. The van der Waals surface area contributed by atoms with Crippen LogP contribution in [-0.2, 0) is 20.2 Å². The number of hydrogen-bond donors (Lipinski definition) is 2. The predicted octanol–water partition coefficient (Wildman–Crippen LogP) is 5.18. The second-order valence-corrected chi connectivity index (χ2v) is 13.2. The highest BCUT2D eigenvalue weighted by Gasteiger charge is 2.46. The van der Waals surface area contributed by atoms with E-state index in [4.69, 9.17) is 11.6 Å². The lowest BCUT2D eigenvalue weighted by molar-refractivity contribution is -0.127. The normalized spacial score (nSPS) is 24.2. The summed E-state index contributed by atoms with van der Waals surface area (Å²) in [6.45, 7) is 7.79. The van der Waals surface area contributed by atoms with E-state index in [2.05, 4.69) is 36.0 Å². The van der Waals surface area contributed by atoms with E-state index in [1.165, 1.54) is 12.0 Å². The van der Waals surface area contributed by atoms with Crippen molar-refractivity contribution in [2.24, 2.45) is 11.8 Å². The highest BCUT2D eigenvalue weighted by molar-refractivity contribution is 7.90. The summed E-state index contributed by atoms with van der Waals surface area (Å²) in [6.07, 6.45) is 7.14. The fourth-order valence-corrected chi connectivity index (χ4v) is 6.30. The zero-order valence-corrected chi connectivity index (χ0v) is 21.4. The molecule has 0 spiro atoms. The van der Waals surface area contributed by atoms with Crippen LogP contribution in [-0.4, -0.2) is 31.7 Å². The van der Waals surface area contributed by atoms with Gasteiger partial charge in [-0.2, -0.15) is 0 Å². The largest absolute Gasteiger partial charge is 0.352 e. The quantitative estimate of drug-likeness (QED) is 0.509. The van der Waals surface area contributed by atoms with Gasteiger partial charge in [-0.15, -0.1) is 0 Å². The van der Waals surface area contributed by atoms with Crippen LogP contribution in [0, 0.1) is 11.8 Å². The Bertz CT molecular complexity index is 871. The minimum atomic E-state index is -3.28. The van der Waals surface area contributed by atoms with Crippen LogP contribution in [0.25, 0.3) is 0 Å². The molecule has 2 saturated carbocycles. The summed E-state index contributed by atoms with van der Waals surface area (Å²) in [7, 11) is -3.28. The van der Waals surface area contributed by atoms with Gasteiger partial charge in [0, 0.05) is 28.4 Å².